The number of fused-ring (bicyclic) bond motifs is 2. The lowest BCUT2D eigenvalue weighted by molar-refractivity contribution is 0.0763. The Morgan fingerprint density at radius 2 is 1.76 bits per heavy atom. The average molecular weight is 503 g/mol. The lowest BCUT2D eigenvalue weighted by Gasteiger charge is -2.25. The van der Waals surface area contributed by atoms with Crippen molar-refractivity contribution < 1.29 is 9.18 Å². The lowest BCUT2D eigenvalue weighted by Crippen LogP contribution is -2.35. The van der Waals surface area contributed by atoms with Gasteiger partial charge in [0, 0.05) is 36.0 Å². The van der Waals surface area contributed by atoms with Gasteiger partial charge in [-0.25, -0.2) is 9.07 Å². The molecule has 7 rings (SSSR count). The zero-order valence-corrected chi connectivity index (χ0v) is 21.3. The summed E-state index contributed by atoms with van der Waals surface area (Å²) in [5, 5.41) is 5.66. The van der Waals surface area contributed by atoms with Gasteiger partial charge in [-0.15, -0.1) is 0 Å². The fourth-order valence-corrected chi connectivity index (χ4v) is 6.64. The van der Waals surface area contributed by atoms with E-state index in [9.17, 15) is 9.18 Å². The second kappa shape index (κ2) is 8.35. The third-order valence-corrected chi connectivity index (χ3v) is 8.44. The number of pyridine rings is 1. The monoisotopic (exact) mass is 502 g/mol. The van der Waals surface area contributed by atoms with Gasteiger partial charge in [0.2, 0.25) is 0 Å². The smallest absolute Gasteiger partial charge is 0.272 e. The summed E-state index contributed by atoms with van der Waals surface area (Å²) >= 11 is 0. The van der Waals surface area contributed by atoms with Crippen LogP contribution in [0.2, 0.25) is 0 Å². The molecule has 1 aliphatic carbocycles. The quantitative estimate of drug-likeness (QED) is 0.304. The van der Waals surface area contributed by atoms with Crippen LogP contribution in [0, 0.1) is 25.6 Å². The molecule has 6 heteroatoms. The number of likely N-dealkylation sites (tertiary alicyclic amines) is 1. The van der Waals surface area contributed by atoms with Crippen LogP contribution < -0.4 is 0 Å². The van der Waals surface area contributed by atoms with Crippen LogP contribution in [0.25, 0.3) is 16.6 Å². The molecule has 1 saturated carbocycles. The summed E-state index contributed by atoms with van der Waals surface area (Å²) < 4.78 is 15.4. The molecule has 1 saturated heterocycles. The lowest BCUT2D eigenvalue weighted by atomic mass is 9.86. The summed E-state index contributed by atoms with van der Waals surface area (Å²) in [7, 11) is 0. The van der Waals surface area contributed by atoms with Crippen LogP contribution >= 0.6 is 0 Å². The van der Waals surface area contributed by atoms with E-state index in [-0.39, 0.29) is 17.1 Å². The number of aromatic nitrogens is 3. The van der Waals surface area contributed by atoms with Crippen LogP contribution in [-0.4, -0.2) is 38.7 Å². The first-order valence-corrected chi connectivity index (χ1v) is 13.0. The molecule has 38 heavy (non-hydrogen) atoms. The predicted molar refractivity (Wildman–Crippen MR) is 145 cm³/mol. The Balaban J connectivity index is 1.30. The molecule has 5 nitrogen and oxygen atoms in total. The van der Waals surface area contributed by atoms with Crippen LogP contribution in [0.1, 0.15) is 38.7 Å². The molecule has 3 heterocycles. The van der Waals surface area contributed by atoms with E-state index >= 15 is 0 Å². The number of nitrogens with zero attached hydrogens (tertiary/aromatic N) is 4. The van der Waals surface area contributed by atoms with E-state index in [0.717, 1.165) is 22.2 Å². The number of piperidine rings is 1. The Hall–Kier alpha value is -4.32. The highest BCUT2D eigenvalue weighted by Crippen LogP contribution is 2.69. The number of benzene rings is 3. The first-order valence-electron chi connectivity index (χ1n) is 13.0. The Morgan fingerprint density at radius 1 is 0.974 bits per heavy atom. The summed E-state index contributed by atoms with van der Waals surface area (Å²) in [6.07, 6.45) is 3.63. The summed E-state index contributed by atoms with van der Waals surface area (Å²) in [5.41, 5.74) is 6.95. The number of aryl methyl sites for hydroxylation is 2. The van der Waals surface area contributed by atoms with E-state index in [1.165, 1.54) is 28.8 Å². The molecule has 1 aliphatic heterocycles. The molecular weight excluding hydrogens is 475 g/mol. The molecule has 1 amide bonds. The SMILES string of the molecule is Cc1ccc(C(=O)N2C[C@@H]3[C@@H](c4ccccc4)[C@]3(c3cc4cnn(-c5ccc(F)cc5)c4cc3C)C2)nc1. The first-order chi connectivity index (χ1) is 18.5. The minimum Gasteiger partial charge on any atom is -0.336 e. The van der Waals surface area contributed by atoms with Gasteiger partial charge in [0.1, 0.15) is 11.5 Å². The fourth-order valence-electron chi connectivity index (χ4n) is 6.64. The molecule has 2 fully saturated rings. The topological polar surface area (TPSA) is 51.0 Å². The number of hydrogen-bond donors (Lipinski definition) is 0. The van der Waals surface area contributed by atoms with Gasteiger partial charge >= 0.3 is 0 Å². The van der Waals surface area contributed by atoms with Crippen LogP contribution in [0.4, 0.5) is 4.39 Å². The first kappa shape index (κ1) is 22.8. The molecule has 188 valence electrons. The molecule has 0 unspecified atom stereocenters. The summed E-state index contributed by atoms with van der Waals surface area (Å²) in [4.78, 5) is 19.8. The molecule has 3 atom stereocenters. The van der Waals surface area contributed by atoms with Crippen LogP contribution in [0.5, 0.6) is 0 Å². The highest BCUT2D eigenvalue weighted by atomic mass is 19.1. The summed E-state index contributed by atoms with van der Waals surface area (Å²) in [6.45, 7) is 5.49. The number of rotatable bonds is 4. The van der Waals surface area contributed by atoms with Crippen molar-refractivity contribution >= 4 is 16.8 Å². The van der Waals surface area contributed by atoms with Crippen molar-refractivity contribution in [2.75, 3.05) is 13.1 Å². The zero-order valence-electron chi connectivity index (χ0n) is 21.3. The number of carbonyl (C=O) groups excluding carboxylic acids is 1. The zero-order chi connectivity index (χ0) is 26.0. The van der Waals surface area contributed by atoms with Crippen LogP contribution in [0.3, 0.4) is 0 Å². The van der Waals surface area contributed by atoms with Gasteiger partial charge in [-0.05, 0) is 84.5 Å². The van der Waals surface area contributed by atoms with E-state index in [2.05, 4.69) is 53.4 Å². The van der Waals surface area contributed by atoms with Gasteiger partial charge in [-0.3, -0.25) is 9.78 Å². The Labute approximate surface area is 220 Å². The minimum absolute atomic E-state index is 0.00810. The minimum atomic E-state index is -0.268. The standard InChI is InChI=1S/C32H27FN4O/c1-20-8-13-28(34-16-20)31(38)36-18-27-30(22-6-4-3-5-7-22)32(27,19-36)26-15-23-17-35-37(29(23)14-21(26)2)25-11-9-24(33)10-12-25/h3-17,27,30H,18-19H2,1-2H3/t27-,30-,32+/m1/s1. The highest BCUT2D eigenvalue weighted by molar-refractivity contribution is 5.93. The van der Waals surface area contributed by atoms with Gasteiger partial charge in [-0.2, -0.15) is 5.10 Å². The van der Waals surface area contributed by atoms with E-state index < -0.39 is 0 Å². The van der Waals surface area contributed by atoms with Crippen molar-refractivity contribution in [2.24, 2.45) is 5.92 Å². The van der Waals surface area contributed by atoms with Crippen molar-refractivity contribution in [1.82, 2.24) is 19.7 Å². The largest absolute Gasteiger partial charge is 0.336 e. The second-order valence-corrected chi connectivity index (χ2v) is 10.7. The van der Waals surface area contributed by atoms with E-state index in [1.807, 2.05) is 40.9 Å². The van der Waals surface area contributed by atoms with Crippen LogP contribution in [0.15, 0.2) is 91.3 Å². The fraction of sp³-hybridized carbons (Fsp3) is 0.219. The third kappa shape index (κ3) is 3.40. The Kier molecular flexibility index (Phi) is 5.02. The molecule has 0 N–H and O–H groups in total. The van der Waals surface area contributed by atoms with Gasteiger partial charge < -0.3 is 4.90 Å². The van der Waals surface area contributed by atoms with Gasteiger partial charge in [-0.1, -0.05) is 36.4 Å². The number of carbonyl (C=O) groups is 1. The number of amides is 1. The summed E-state index contributed by atoms with van der Waals surface area (Å²) in [6, 6.07) is 25.2. The second-order valence-electron chi connectivity index (χ2n) is 10.7. The highest BCUT2D eigenvalue weighted by Gasteiger charge is 2.71. The van der Waals surface area contributed by atoms with Gasteiger partial charge in [0.05, 0.1) is 17.4 Å². The van der Waals surface area contributed by atoms with Crippen molar-refractivity contribution in [3.05, 3.63) is 125 Å². The van der Waals surface area contributed by atoms with Gasteiger partial charge in [0.15, 0.2) is 0 Å². The molecule has 0 radical (unpaired) electrons. The normalized spacial score (nSPS) is 22.0. The molecule has 2 aromatic heterocycles. The molecule has 0 bridgehead atoms. The number of halogens is 1. The van der Waals surface area contributed by atoms with Crippen molar-refractivity contribution in [2.45, 2.75) is 25.2 Å². The van der Waals surface area contributed by atoms with E-state index in [4.69, 9.17) is 0 Å². The van der Waals surface area contributed by atoms with Gasteiger partial charge in [0.25, 0.3) is 5.91 Å². The molecule has 3 aromatic carbocycles. The average Bonchev–Trinajstić information content (AvgIpc) is 3.19. The molecular formula is C32H27FN4O. The Bertz CT molecular complexity index is 1680. The van der Waals surface area contributed by atoms with E-state index in [1.54, 1.807) is 18.3 Å². The third-order valence-electron chi connectivity index (χ3n) is 8.44. The maximum Gasteiger partial charge on any atom is 0.272 e. The van der Waals surface area contributed by atoms with Crippen molar-refractivity contribution in [1.29, 1.82) is 0 Å². The molecule has 2 aliphatic rings. The van der Waals surface area contributed by atoms with Crippen molar-refractivity contribution in [3.8, 4) is 5.69 Å². The number of hydrogen-bond acceptors (Lipinski definition) is 3. The molecule has 5 aromatic rings. The van der Waals surface area contributed by atoms with Crippen LogP contribution in [-0.2, 0) is 5.41 Å². The summed E-state index contributed by atoms with van der Waals surface area (Å²) in [5.74, 6) is 0.409. The Morgan fingerprint density at radius 3 is 2.50 bits per heavy atom. The maximum absolute atomic E-state index is 13.5. The van der Waals surface area contributed by atoms with Crippen molar-refractivity contribution in [3.63, 3.8) is 0 Å². The molecule has 0 spiro atoms. The van der Waals surface area contributed by atoms with E-state index in [0.29, 0.717) is 30.6 Å². The predicted octanol–water partition coefficient (Wildman–Crippen LogP) is 5.98. The maximum atomic E-state index is 13.5.